The average Bonchev–Trinajstić information content (AvgIpc) is 3.48. The predicted molar refractivity (Wildman–Crippen MR) is 120 cm³/mol. The number of benzene rings is 1. The van der Waals surface area contributed by atoms with Crippen LogP contribution in [-0.4, -0.2) is 35.5 Å². The Morgan fingerprint density at radius 2 is 2.03 bits per heavy atom. The molecule has 0 spiro atoms. The second-order valence-electron chi connectivity index (χ2n) is 7.71. The Hall–Kier alpha value is -3.59. The van der Waals surface area contributed by atoms with Gasteiger partial charge in [0.2, 0.25) is 5.82 Å². The fourth-order valence-corrected chi connectivity index (χ4v) is 5.42. The highest BCUT2D eigenvalue weighted by Crippen LogP contribution is 2.43. The number of rotatable bonds is 3. The number of para-hydroxylation sites is 2. The van der Waals surface area contributed by atoms with Crippen LogP contribution in [0.2, 0.25) is 0 Å². The van der Waals surface area contributed by atoms with Crippen LogP contribution in [-0.2, 0) is 12.8 Å². The highest BCUT2D eigenvalue weighted by molar-refractivity contribution is 7.17. The van der Waals surface area contributed by atoms with Gasteiger partial charge in [0.1, 0.15) is 10.8 Å². The van der Waals surface area contributed by atoms with E-state index >= 15 is 0 Å². The zero-order valence-electron chi connectivity index (χ0n) is 16.8. The number of hydrogen-bond donors (Lipinski definition) is 2. The number of nitrogens with zero attached hydrogens (tertiary/aromatic N) is 5. The Labute approximate surface area is 181 Å². The normalized spacial score (nSPS) is 13.6. The molecule has 5 aromatic rings. The molecule has 9 heteroatoms. The first-order chi connectivity index (χ1) is 15.2. The van der Waals surface area contributed by atoms with Crippen molar-refractivity contribution in [1.82, 2.24) is 29.5 Å². The standard InChI is InChI=1S/C22H19N7OS/c1-12-10-11-23-22-26-19(28-29(12)22)20(30)27-21-17(13-6-2-5-9-16(13)31-21)18-24-14-7-3-4-8-15(14)25-18/h3-4,7-8,10-11H,2,5-6,9H2,1H3,(H,24,25)(H,27,30). The molecule has 0 aliphatic heterocycles. The molecule has 1 amide bonds. The van der Waals surface area contributed by atoms with Crippen LogP contribution in [0, 0.1) is 6.92 Å². The van der Waals surface area contributed by atoms with Crippen LogP contribution in [0.3, 0.4) is 0 Å². The van der Waals surface area contributed by atoms with E-state index in [2.05, 4.69) is 25.4 Å². The van der Waals surface area contributed by atoms with Crippen LogP contribution >= 0.6 is 11.3 Å². The van der Waals surface area contributed by atoms with Gasteiger partial charge >= 0.3 is 0 Å². The topological polar surface area (TPSA) is 101 Å². The number of fused-ring (bicyclic) bond motifs is 3. The van der Waals surface area contributed by atoms with E-state index in [0.717, 1.165) is 52.4 Å². The average molecular weight is 430 g/mol. The molecule has 0 bridgehead atoms. The Bertz CT molecular complexity index is 1430. The Morgan fingerprint density at radius 3 is 2.90 bits per heavy atom. The molecule has 154 valence electrons. The second-order valence-corrected chi connectivity index (χ2v) is 8.81. The number of carbonyl (C=O) groups excluding carboxylic acids is 1. The lowest BCUT2D eigenvalue weighted by Gasteiger charge is -2.11. The maximum Gasteiger partial charge on any atom is 0.296 e. The zero-order valence-corrected chi connectivity index (χ0v) is 17.7. The van der Waals surface area contributed by atoms with Crippen LogP contribution in [0.1, 0.15) is 39.6 Å². The molecule has 0 fully saturated rings. The van der Waals surface area contributed by atoms with Gasteiger partial charge in [0.05, 0.1) is 16.6 Å². The van der Waals surface area contributed by atoms with Crippen LogP contribution < -0.4 is 5.32 Å². The lowest BCUT2D eigenvalue weighted by Crippen LogP contribution is -2.14. The number of anilines is 1. The highest BCUT2D eigenvalue weighted by Gasteiger charge is 2.26. The van der Waals surface area contributed by atoms with E-state index in [1.165, 1.54) is 16.9 Å². The number of aromatic nitrogens is 6. The summed E-state index contributed by atoms with van der Waals surface area (Å²) in [6.45, 7) is 1.90. The molecule has 0 saturated heterocycles. The molecule has 4 heterocycles. The predicted octanol–water partition coefficient (Wildman–Crippen LogP) is 4.17. The van der Waals surface area contributed by atoms with E-state index in [-0.39, 0.29) is 11.7 Å². The maximum atomic E-state index is 13.1. The highest BCUT2D eigenvalue weighted by atomic mass is 32.1. The first-order valence-electron chi connectivity index (χ1n) is 10.3. The van der Waals surface area contributed by atoms with E-state index in [0.29, 0.717) is 5.78 Å². The van der Waals surface area contributed by atoms with Gasteiger partial charge in [-0.25, -0.2) is 14.5 Å². The van der Waals surface area contributed by atoms with Crippen molar-refractivity contribution in [3.63, 3.8) is 0 Å². The fourth-order valence-electron chi connectivity index (χ4n) is 4.14. The van der Waals surface area contributed by atoms with Crippen LogP contribution in [0.25, 0.3) is 28.2 Å². The molecule has 8 nitrogen and oxygen atoms in total. The van der Waals surface area contributed by atoms with Gasteiger partial charge in [-0.1, -0.05) is 12.1 Å². The van der Waals surface area contributed by atoms with E-state index in [4.69, 9.17) is 4.98 Å². The summed E-state index contributed by atoms with van der Waals surface area (Å²) in [4.78, 5) is 31.1. The summed E-state index contributed by atoms with van der Waals surface area (Å²) in [6.07, 6.45) is 5.99. The van der Waals surface area contributed by atoms with E-state index < -0.39 is 0 Å². The monoisotopic (exact) mass is 429 g/mol. The van der Waals surface area contributed by atoms with Crippen LogP contribution in [0.4, 0.5) is 5.00 Å². The van der Waals surface area contributed by atoms with Crippen molar-refractivity contribution >= 4 is 39.1 Å². The fraction of sp³-hybridized carbons (Fsp3) is 0.227. The van der Waals surface area contributed by atoms with Gasteiger partial charge in [-0.05, 0) is 56.4 Å². The van der Waals surface area contributed by atoms with Gasteiger partial charge in [-0.15, -0.1) is 16.4 Å². The third-order valence-corrected chi connectivity index (χ3v) is 6.86. The Balaban J connectivity index is 1.43. The van der Waals surface area contributed by atoms with Gasteiger partial charge in [0, 0.05) is 16.8 Å². The summed E-state index contributed by atoms with van der Waals surface area (Å²) in [5.41, 5.74) is 5.03. The molecule has 0 saturated carbocycles. The quantitative estimate of drug-likeness (QED) is 0.448. The van der Waals surface area contributed by atoms with E-state index in [1.54, 1.807) is 22.0 Å². The number of thiophene rings is 1. The lowest BCUT2D eigenvalue weighted by atomic mass is 9.95. The van der Waals surface area contributed by atoms with Gasteiger partial charge in [-0.3, -0.25) is 4.79 Å². The number of aromatic amines is 1. The van der Waals surface area contributed by atoms with Gasteiger partial charge in [-0.2, -0.15) is 4.98 Å². The number of carbonyl (C=O) groups is 1. The van der Waals surface area contributed by atoms with Crippen molar-refractivity contribution in [1.29, 1.82) is 0 Å². The first kappa shape index (κ1) is 18.2. The van der Waals surface area contributed by atoms with Gasteiger partial charge < -0.3 is 10.3 Å². The zero-order chi connectivity index (χ0) is 20.9. The van der Waals surface area contributed by atoms with Gasteiger partial charge in [0.15, 0.2) is 0 Å². The molecule has 1 aliphatic carbocycles. The second kappa shape index (κ2) is 6.98. The molecule has 0 atom stereocenters. The minimum Gasteiger partial charge on any atom is -0.338 e. The van der Waals surface area contributed by atoms with Crippen molar-refractivity contribution < 1.29 is 4.79 Å². The molecule has 0 unspecified atom stereocenters. The molecule has 6 rings (SSSR count). The lowest BCUT2D eigenvalue weighted by molar-refractivity contribution is 0.101. The summed E-state index contributed by atoms with van der Waals surface area (Å²) < 4.78 is 1.58. The molecule has 1 aromatic carbocycles. The minimum absolute atomic E-state index is 0.101. The summed E-state index contributed by atoms with van der Waals surface area (Å²) in [5.74, 6) is 0.953. The first-order valence-corrected chi connectivity index (χ1v) is 11.1. The summed E-state index contributed by atoms with van der Waals surface area (Å²) in [6, 6.07) is 9.79. The van der Waals surface area contributed by atoms with Crippen molar-refractivity contribution in [3.8, 4) is 11.4 Å². The SMILES string of the molecule is Cc1ccnc2nc(C(=O)Nc3sc4c(c3-c3nc5ccccc5[nH]3)CCCC4)nn12. The smallest absolute Gasteiger partial charge is 0.296 e. The van der Waals surface area contributed by atoms with Crippen molar-refractivity contribution in [2.45, 2.75) is 32.6 Å². The maximum absolute atomic E-state index is 13.1. The number of hydrogen-bond acceptors (Lipinski definition) is 6. The summed E-state index contributed by atoms with van der Waals surface area (Å²) in [7, 11) is 0. The number of nitrogens with one attached hydrogen (secondary N) is 2. The number of aryl methyl sites for hydroxylation is 2. The van der Waals surface area contributed by atoms with Crippen molar-refractivity contribution in [2.75, 3.05) is 5.32 Å². The third kappa shape index (κ3) is 3.00. The van der Waals surface area contributed by atoms with E-state index in [9.17, 15) is 4.79 Å². The molecule has 0 radical (unpaired) electrons. The van der Waals surface area contributed by atoms with E-state index in [1.807, 2.05) is 37.3 Å². The molecule has 1 aliphatic rings. The van der Waals surface area contributed by atoms with Gasteiger partial charge in [0.25, 0.3) is 11.7 Å². The number of H-pyrrole nitrogens is 1. The largest absolute Gasteiger partial charge is 0.338 e. The number of imidazole rings is 1. The summed E-state index contributed by atoms with van der Waals surface area (Å²) >= 11 is 1.63. The molecule has 4 aromatic heterocycles. The van der Waals surface area contributed by atoms with Crippen LogP contribution in [0.15, 0.2) is 36.5 Å². The molecule has 2 N–H and O–H groups in total. The van der Waals surface area contributed by atoms with Crippen LogP contribution in [0.5, 0.6) is 0 Å². The van der Waals surface area contributed by atoms with Crippen molar-refractivity contribution in [2.24, 2.45) is 0 Å². The van der Waals surface area contributed by atoms with Crippen molar-refractivity contribution in [3.05, 3.63) is 58.5 Å². The Morgan fingerprint density at radius 1 is 1.16 bits per heavy atom. The minimum atomic E-state index is -0.346. The Kier molecular flexibility index (Phi) is 4.10. The summed E-state index contributed by atoms with van der Waals surface area (Å²) in [5, 5.41) is 8.19. The molecular formula is C22H19N7OS. The number of amides is 1. The molecular weight excluding hydrogens is 410 g/mol. The third-order valence-electron chi connectivity index (χ3n) is 5.66. The molecule has 31 heavy (non-hydrogen) atoms.